The summed E-state index contributed by atoms with van der Waals surface area (Å²) in [6.07, 6.45) is 1.81. The van der Waals surface area contributed by atoms with E-state index >= 15 is 0 Å². The number of para-hydroxylation sites is 2. The van der Waals surface area contributed by atoms with E-state index in [1.807, 2.05) is 48.5 Å². The fraction of sp³-hybridized carbons (Fsp3) is 0.111. The maximum Gasteiger partial charge on any atom is 0.264 e. The van der Waals surface area contributed by atoms with Gasteiger partial charge in [-0.25, -0.2) is 4.99 Å². The third-order valence-corrected chi connectivity index (χ3v) is 4.96. The number of aliphatic imine (C=N–C) groups is 1. The molecule has 1 aliphatic rings. The number of benzene rings is 2. The van der Waals surface area contributed by atoms with Crippen LogP contribution in [0, 0.1) is 0 Å². The predicted octanol–water partition coefficient (Wildman–Crippen LogP) is 4.36. The number of hydrogen-bond donors (Lipinski definition) is 1. The van der Waals surface area contributed by atoms with Crippen molar-refractivity contribution in [2.75, 3.05) is 14.2 Å². The summed E-state index contributed by atoms with van der Waals surface area (Å²) in [5.74, 6) is 1.22. The van der Waals surface area contributed by atoms with Crippen LogP contribution in [0.1, 0.15) is 5.56 Å². The van der Waals surface area contributed by atoms with Crippen molar-refractivity contribution in [3.8, 4) is 11.5 Å². The van der Waals surface area contributed by atoms with Gasteiger partial charge in [-0.15, -0.1) is 0 Å². The zero-order valence-corrected chi connectivity index (χ0v) is 16.0. The van der Waals surface area contributed by atoms with Crippen molar-refractivity contribution in [2.24, 2.45) is 4.99 Å². The van der Waals surface area contributed by atoms with E-state index < -0.39 is 0 Å². The van der Waals surface area contributed by atoms with E-state index in [0.717, 1.165) is 15.8 Å². The lowest BCUT2D eigenvalue weighted by molar-refractivity contribution is -0.115. The molecule has 0 radical (unpaired) electrons. The van der Waals surface area contributed by atoms with Crippen LogP contribution in [0.3, 0.4) is 0 Å². The largest absolute Gasteiger partial charge is 0.496 e. The van der Waals surface area contributed by atoms with Crippen LogP contribution in [0.2, 0.25) is 0 Å². The molecule has 2 aromatic carbocycles. The zero-order valence-electron chi connectivity index (χ0n) is 13.6. The van der Waals surface area contributed by atoms with E-state index in [4.69, 9.17) is 9.47 Å². The molecular weight excluding hydrogens is 404 g/mol. The number of rotatable bonds is 4. The molecule has 5 nitrogen and oxygen atoms in total. The van der Waals surface area contributed by atoms with Crippen LogP contribution in [-0.4, -0.2) is 25.3 Å². The summed E-state index contributed by atoms with van der Waals surface area (Å²) in [6.45, 7) is 0. The monoisotopic (exact) mass is 418 g/mol. The summed E-state index contributed by atoms with van der Waals surface area (Å²) >= 11 is 4.74. The number of amides is 1. The minimum atomic E-state index is -0.175. The molecule has 0 unspecified atom stereocenters. The molecule has 0 aromatic heterocycles. The number of ether oxygens (including phenoxy) is 2. The van der Waals surface area contributed by atoms with Gasteiger partial charge in [0, 0.05) is 0 Å². The van der Waals surface area contributed by atoms with E-state index in [-0.39, 0.29) is 5.91 Å². The lowest BCUT2D eigenvalue weighted by Crippen LogP contribution is -2.19. The van der Waals surface area contributed by atoms with Gasteiger partial charge in [0.05, 0.1) is 23.6 Å². The Bertz CT molecular complexity index is 880. The molecule has 0 atom stereocenters. The van der Waals surface area contributed by atoms with Crippen molar-refractivity contribution in [2.45, 2.75) is 0 Å². The second-order valence-electron chi connectivity index (χ2n) is 5.05. The molecule has 0 bridgehead atoms. The molecule has 1 saturated heterocycles. The number of carbonyl (C=O) groups is 1. The third kappa shape index (κ3) is 4.05. The molecule has 0 spiro atoms. The molecule has 1 N–H and O–H groups in total. The number of nitrogens with zero attached hydrogens (tertiary/aromatic N) is 1. The minimum absolute atomic E-state index is 0.175. The van der Waals surface area contributed by atoms with Gasteiger partial charge in [-0.2, -0.15) is 0 Å². The van der Waals surface area contributed by atoms with E-state index in [2.05, 4.69) is 26.2 Å². The minimum Gasteiger partial charge on any atom is -0.496 e. The Hall–Kier alpha value is -2.25. The Morgan fingerprint density at radius 3 is 2.60 bits per heavy atom. The summed E-state index contributed by atoms with van der Waals surface area (Å²) in [5.41, 5.74) is 1.56. The van der Waals surface area contributed by atoms with E-state index in [0.29, 0.717) is 21.5 Å². The molecule has 3 rings (SSSR count). The number of carbonyl (C=O) groups excluding carboxylic acids is 1. The van der Waals surface area contributed by atoms with Crippen molar-refractivity contribution >= 4 is 50.5 Å². The highest BCUT2D eigenvalue weighted by molar-refractivity contribution is 9.10. The Morgan fingerprint density at radius 1 is 1.12 bits per heavy atom. The van der Waals surface area contributed by atoms with Crippen LogP contribution < -0.4 is 14.8 Å². The molecule has 128 valence electrons. The molecule has 1 heterocycles. The molecular formula is C18H15BrN2O3S. The van der Waals surface area contributed by atoms with Crippen LogP contribution in [-0.2, 0) is 4.79 Å². The molecule has 1 fully saturated rings. The van der Waals surface area contributed by atoms with Gasteiger partial charge in [0.15, 0.2) is 5.17 Å². The van der Waals surface area contributed by atoms with Crippen LogP contribution in [0.25, 0.3) is 6.08 Å². The highest BCUT2D eigenvalue weighted by Gasteiger charge is 2.24. The number of hydrogen-bond acceptors (Lipinski definition) is 5. The van der Waals surface area contributed by atoms with Gasteiger partial charge in [0.25, 0.3) is 5.91 Å². The SMILES string of the molecule is COc1ccc(/C=C2\SC(=Nc3ccccc3OC)NC2=O)cc1Br. The lowest BCUT2D eigenvalue weighted by atomic mass is 10.2. The van der Waals surface area contributed by atoms with E-state index in [9.17, 15) is 4.79 Å². The maximum atomic E-state index is 12.2. The zero-order chi connectivity index (χ0) is 17.8. The maximum absolute atomic E-state index is 12.2. The molecule has 7 heteroatoms. The van der Waals surface area contributed by atoms with E-state index in [1.165, 1.54) is 11.8 Å². The topological polar surface area (TPSA) is 59.9 Å². The van der Waals surface area contributed by atoms with Crippen molar-refractivity contribution in [3.05, 3.63) is 57.4 Å². The van der Waals surface area contributed by atoms with Gasteiger partial charge in [-0.05, 0) is 63.6 Å². The first-order valence-corrected chi connectivity index (χ1v) is 8.98. The Kier molecular flexibility index (Phi) is 5.45. The normalized spacial score (nSPS) is 17.0. The molecule has 1 aliphatic heterocycles. The van der Waals surface area contributed by atoms with Crippen LogP contribution in [0.15, 0.2) is 56.8 Å². The van der Waals surface area contributed by atoms with E-state index in [1.54, 1.807) is 14.2 Å². The summed E-state index contributed by atoms with van der Waals surface area (Å²) < 4.78 is 11.3. The number of thioether (sulfide) groups is 1. The summed E-state index contributed by atoms with van der Waals surface area (Å²) in [5, 5.41) is 3.30. The molecule has 1 amide bonds. The molecule has 25 heavy (non-hydrogen) atoms. The fourth-order valence-corrected chi connectivity index (χ4v) is 3.63. The van der Waals surface area contributed by atoms with Gasteiger partial charge >= 0.3 is 0 Å². The first-order chi connectivity index (χ1) is 12.1. The highest BCUT2D eigenvalue weighted by Crippen LogP contribution is 2.33. The highest BCUT2D eigenvalue weighted by atomic mass is 79.9. The Morgan fingerprint density at radius 2 is 1.88 bits per heavy atom. The van der Waals surface area contributed by atoms with Crippen molar-refractivity contribution in [3.63, 3.8) is 0 Å². The standard InChI is InChI=1S/C18H15BrN2O3S/c1-23-14-8-7-11(9-12(14)19)10-16-17(22)21-18(25-16)20-13-5-3-4-6-15(13)24-2/h3-10H,1-2H3,(H,20,21,22)/b16-10-. The number of methoxy groups -OCH3 is 2. The van der Waals surface area contributed by atoms with Crippen molar-refractivity contribution in [1.82, 2.24) is 5.32 Å². The van der Waals surface area contributed by atoms with Gasteiger partial charge in [0.1, 0.15) is 17.2 Å². The van der Waals surface area contributed by atoms with Gasteiger partial charge in [-0.1, -0.05) is 18.2 Å². The lowest BCUT2D eigenvalue weighted by Gasteiger charge is -2.04. The van der Waals surface area contributed by atoms with Crippen molar-refractivity contribution < 1.29 is 14.3 Å². The summed E-state index contributed by atoms with van der Waals surface area (Å²) in [4.78, 5) is 17.2. The smallest absolute Gasteiger partial charge is 0.264 e. The Labute approximate surface area is 158 Å². The number of amidine groups is 1. The number of nitrogens with one attached hydrogen (secondary N) is 1. The van der Waals surface area contributed by atoms with Crippen molar-refractivity contribution in [1.29, 1.82) is 0 Å². The average molecular weight is 419 g/mol. The molecule has 0 saturated carbocycles. The van der Waals surface area contributed by atoms with Gasteiger partial charge < -0.3 is 14.8 Å². The second kappa shape index (κ2) is 7.76. The summed E-state index contributed by atoms with van der Waals surface area (Å²) in [7, 11) is 3.20. The predicted molar refractivity (Wildman–Crippen MR) is 104 cm³/mol. The van der Waals surface area contributed by atoms with Crippen LogP contribution in [0.5, 0.6) is 11.5 Å². The van der Waals surface area contributed by atoms with Crippen LogP contribution in [0.4, 0.5) is 5.69 Å². The first kappa shape index (κ1) is 17.6. The quantitative estimate of drug-likeness (QED) is 0.749. The van der Waals surface area contributed by atoms with Gasteiger partial charge in [0.2, 0.25) is 0 Å². The van der Waals surface area contributed by atoms with Gasteiger partial charge in [-0.3, -0.25) is 4.79 Å². The second-order valence-corrected chi connectivity index (χ2v) is 6.93. The average Bonchev–Trinajstić information content (AvgIpc) is 2.95. The molecule has 2 aromatic rings. The molecule has 0 aliphatic carbocycles. The number of halogens is 1. The fourth-order valence-electron chi connectivity index (χ4n) is 2.24. The first-order valence-electron chi connectivity index (χ1n) is 7.37. The Balaban J connectivity index is 1.85. The van der Waals surface area contributed by atoms with Crippen LogP contribution >= 0.6 is 27.7 Å². The third-order valence-electron chi connectivity index (χ3n) is 3.43. The summed E-state index contributed by atoms with van der Waals surface area (Å²) in [6, 6.07) is 13.0.